The summed E-state index contributed by atoms with van der Waals surface area (Å²) in [6, 6.07) is 14.0. The van der Waals surface area contributed by atoms with Gasteiger partial charge in [-0.25, -0.2) is 4.98 Å². The molecule has 1 heterocycles. The van der Waals surface area contributed by atoms with Crippen LogP contribution >= 0.6 is 11.6 Å². The molecule has 0 saturated carbocycles. The number of carbonyl (C=O) groups is 2. The number of amides is 1. The summed E-state index contributed by atoms with van der Waals surface area (Å²) >= 11 is 5.82. The fourth-order valence-electron chi connectivity index (χ4n) is 2.98. The first kappa shape index (κ1) is 23.3. The van der Waals surface area contributed by atoms with E-state index in [4.69, 9.17) is 21.1 Å². The van der Waals surface area contributed by atoms with Gasteiger partial charge >= 0.3 is 5.97 Å². The highest BCUT2D eigenvalue weighted by Crippen LogP contribution is 2.15. The lowest BCUT2D eigenvalue weighted by atomic mass is 10.2. The smallest absolute Gasteiger partial charge is 0.306 e. The fourth-order valence-corrected chi connectivity index (χ4v) is 3.11. The molecule has 1 aromatic heterocycles. The van der Waals surface area contributed by atoms with Crippen LogP contribution in [0.25, 0.3) is 10.9 Å². The molecule has 32 heavy (non-hydrogen) atoms. The molecule has 0 bridgehead atoms. The van der Waals surface area contributed by atoms with Crippen LogP contribution in [0.1, 0.15) is 12.2 Å². The Morgan fingerprint density at radius 2 is 1.84 bits per heavy atom. The predicted octanol–water partition coefficient (Wildman–Crippen LogP) is 2.60. The van der Waals surface area contributed by atoms with Gasteiger partial charge in [-0.15, -0.1) is 0 Å². The van der Waals surface area contributed by atoms with Gasteiger partial charge in [0.05, 0.1) is 23.9 Å². The van der Waals surface area contributed by atoms with Crippen LogP contribution in [-0.4, -0.2) is 53.1 Å². The van der Waals surface area contributed by atoms with Crippen molar-refractivity contribution in [3.8, 4) is 5.75 Å². The maximum atomic E-state index is 12.4. The summed E-state index contributed by atoms with van der Waals surface area (Å²) in [6.45, 7) is 0.266. The Morgan fingerprint density at radius 1 is 1.12 bits per heavy atom. The first-order valence-corrected chi connectivity index (χ1v) is 10.5. The zero-order valence-corrected chi connectivity index (χ0v) is 18.7. The molecular weight excluding hydrogens is 434 g/mol. The minimum Gasteiger partial charge on any atom is -0.492 e. The van der Waals surface area contributed by atoms with Crippen molar-refractivity contribution < 1.29 is 19.1 Å². The van der Waals surface area contributed by atoms with Gasteiger partial charge < -0.3 is 14.4 Å². The maximum absolute atomic E-state index is 12.4. The molecule has 0 saturated heterocycles. The van der Waals surface area contributed by atoms with Crippen LogP contribution < -0.4 is 10.3 Å². The molecule has 0 aliphatic carbocycles. The highest BCUT2D eigenvalue weighted by atomic mass is 35.5. The number of likely N-dealkylation sites (N-methyl/N-ethyl adjacent to an activating group) is 1. The second kappa shape index (κ2) is 10.8. The van der Waals surface area contributed by atoms with Crippen molar-refractivity contribution in [2.24, 2.45) is 7.05 Å². The third kappa shape index (κ3) is 6.07. The van der Waals surface area contributed by atoms with Crippen LogP contribution in [0, 0.1) is 0 Å². The first-order chi connectivity index (χ1) is 15.3. The van der Waals surface area contributed by atoms with E-state index in [0.29, 0.717) is 40.7 Å². The van der Waals surface area contributed by atoms with E-state index in [1.807, 2.05) is 0 Å². The summed E-state index contributed by atoms with van der Waals surface area (Å²) in [5.41, 5.74) is 0.410. The molecule has 0 fully saturated rings. The highest BCUT2D eigenvalue weighted by molar-refractivity contribution is 6.30. The normalized spacial score (nSPS) is 10.7. The number of aryl methyl sites for hydroxylation is 1. The SMILES string of the molecule is CN(CCOc1ccc(Cl)cc1)C(=O)COC(=O)CCc1nc2ccccc2c(=O)n1C. The molecule has 8 nitrogen and oxygen atoms in total. The summed E-state index contributed by atoms with van der Waals surface area (Å²) in [7, 11) is 3.23. The van der Waals surface area contributed by atoms with Gasteiger partial charge in [-0.3, -0.25) is 19.0 Å². The highest BCUT2D eigenvalue weighted by Gasteiger charge is 2.14. The number of rotatable bonds is 9. The van der Waals surface area contributed by atoms with Crippen LogP contribution in [0.5, 0.6) is 5.75 Å². The van der Waals surface area contributed by atoms with Crippen LogP contribution in [-0.2, 0) is 27.8 Å². The standard InChI is InChI=1S/C23H24ClN3O5/c1-26(13-14-31-17-9-7-16(24)8-10-17)21(28)15-32-22(29)12-11-20-25-19-6-4-3-5-18(19)23(30)27(20)2/h3-10H,11-15H2,1-2H3. The molecule has 168 valence electrons. The van der Waals surface area contributed by atoms with E-state index in [0.717, 1.165) is 0 Å². The monoisotopic (exact) mass is 457 g/mol. The Kier molecular flexibility index (Phi) is 7.83. The number of ether oxygens (including phenoxy) is 2. The van der Waals surface area contributed by atoms with Gasteiger partial charge in [0.2, 0.25) is 0 Å². The third-order valence-electron chi connectivity index (χ3n) is 4.92. The lowest BCUT2D eigenvalue weighted by Gasteiger charge is -2.17. The number of para-hydroxylation sites is 1. The van der Waals surface area contributed by atoms with Crippen molar-refractivity contribution in [3.63, 3.8) is 0 Å². The number of esters is 1. The second-order valence-corrected chi connectivity index (χ2v) is 7.62. The van der Waals surface area contributed by atoms with Crippen molar-refractivity contribution in [2.45, 2.75) is 12.8 Å². The molecule has 9 heteroatoms. The average Bonchev–Trinajstić information content (AvgIpc) is 2.80. The van der Waals surface area contributed by atoms with E-state index in [9.17, 15) is 14.4 Å². The number of carbonyl (C=O) groups excluding carboxylic acids is 2. The number of hydrogen-bond donors (Lipinski definition) is 0. The van der Waals surface area contributed by atoms with Crippen LogP contribution in [0.4, 0.5) is 0 Å². The van der Waals surface area contributed by atoms with Crippen molar-refractivity contribution in [1.29, 1.82) is 0 Å². The topological polar surface area (TPSA) is 90.7 Å². The molecule has 0 aliphatic rings. The van der Waals surface area contributed by atoms with Crippen LogP contribution in [0.3, 0.4) is 0 Å². The number of aromatic nitrogens is 2. The average molecular weight is 458 g/mol. The van der Waals surface area contributed by atoms with Crippen LogP contribution in [0.15, 0.2) is 53.3 Å². The summed E-state index contributed by atoms with van der Waals surface area (Å²) in [6.07, 6.45) is 0.240. The van der Waals surface area contributed by atoms with Gasteiger partial charge in [0.25, 0.3) is 11.5 Å². The quantitative estimate of drug-likeness (QED) is 0.459. The van der Waals surface area contributed by atoms with E-state index in [1.165, 1.54) is 9.47 Å². The van der Waals surface area contributed by atoms with Crippen LogP contribution in [0.2, 0.25) is 5.02 Å². The predicted molar refractivity (Wildman–Crippen MR) is 121 cm³/mol. The lowest BCUT2D eigenvalue weighted by molar-refractivity contribution is -0.151. The molecule has 0 unspecified atom stereocenters. The van der Waals surface area contributed by atoms with Gasteiger partial charge in [-0.1, -0.05) is 23.7 Å². The Balaban J connectivity index is 1.43. The van der Waals surface area contributed by atoms with Gasteiger partial charge in [0.15, 0.2) is 6.61 Å². The van der Waals surface area contributed by atoms with E-state index in [-0.39, 0.29) is 30.9 Å². The van der Waals surface area contributed by atoms with E-state index >= 15 is 0 Å². The summed E-state index contributed by atoms with van der Waals surface area (Å²) in [5, 5.41) is 1.14. The molecule has 2 aromatic carbocycles. The van der Waals surface area contributed by atoms with Crippen molar-refractivity contribution in [1.82, 2.24) is 14.5 Å². The largest absolute Gasteiger partial charge is 0.492 e. The number of hydrogen-bond acceptors (Lipinski definition) is 6. The zero-order valence-electron chi connectivity index (χ0n) is 17.9. The zero-order chi connectivity index (χ0) is 23.1. The Labute approximate surface area is 190 Å². The molecule has 0 radical (unpaired) electrons. The molecule has 0 atom stereocenters. The summed E-state index contributed by atoms with van der Waals surface area (Å²) in [4.78, 5) is 42.6. The molecular formula is C23H24ClN3O5. The van der Waals surface area contributed by atoms with Gasteiger partial charge in [-0.2, -0.15) is 0 Å². The molecule has 1 amide bonds. The first-order valence-electron chi connectivity index (χ1n) is 10.1. The number of fused-ring (bicyclic) bond motifs is 1. The van der Waals surface area contributed by atoms with E-state index < -0.39 is 5.97 Å². The second-order valence-electron chi connectivity index (χ2n) is 7.19. The Morgan fingerprint density at radius 3 is 2.59 bits per heavy atom. The third-order valence-corrected chi connectivity index (χ3v) is 5.17. The molecule has 0 N–H and O–H groups in total. The number of halogens is 1. The van der Waals surface area contributed by atoms with Crippen molar-refractivity contribution in [3.05, 3.63) is 69.7 Å². The molecule has 3 rings (SSSR count). The summed E-state index contributed by atoms with van der Waals surface area (Å²) < 4.78 is 12.1. The van der Waals surface area contributed by atoms with E-state index in [2.05, 4.69) is 4.98 Å². The summed E-state index contributed by atoms with van der Waals surface area (Å²) in [5.74, 6) is 0.257. The maximum Gasteiger partial charge on any atom is 0.306 e. The molecule has 3 aromatic rings. The Hall–Kier alpha value is -3.39. The fraction of sp³-hybridized carbons (Fsp3) is 0.304. The van der Waals surface area contributed by atoms with Crippen molar-refractivity contribution in [2.75, 3.05) is 26.8 Å². The van der Waals surface area contributed by atoms with E-state index in [1.54, 1.807) is 62.6 Å². The van der Waals surface area contributed by atoms with Gasteiger partial charge in [0, 0.05) is 25.5 Å². The number of nitrogens with zero attached hydrogens (tertiary/aromatic N) is 3. The Bertz CT molecular complexity index is 1160. The van der Waals surface area contributed by atoms with Gasteiger partial charge in [0.1, 0.15) is 18.2 Å². The van der Waals surface area contributed by atoms with Gasteiger partial charge in [-0.05, 0) is 36.4 Å². The number of benzene rings is 2. The van der Waals surface area contributed by atoms with Crippen molar-refractivity contribution >= 4 is 34.4 Å². The lowest BCUT2D eigenvalue weighted by Crippen LogP contribution is -2.34. The molecule has 0 spiro atoms. The minimum absolute atomic E-state index is 0.00922. The minimum atomic E-state index is -0.536. The molecule has 0 aliphatic heterocycles.